The molecular weight excluding hydrogens is 1190 g/mol. The van der Waals surface area contributed by atoms with Crippen LogP contribution in [0.5, 0.6) is 0 Å². The van der Waals surface area contributed by atoms with Crippen LogP contribution < -0.4 is 65.5 Å². The molecule has 19 N–H and O–H groups in total. The summed E-state index contributed by atoms with van der Waals surface area (Å²) in [5.41, 5.74) is 25.4. The molecule has 28 heteroatoms. The fourth-order valence-electron chi connectivity index (χ4n) is 10.9. The molecule has 2 heterocycles. The molecule has 0 radical (unpaired) electrons. The number of H-pyrrole nitrogens is 1. The number of aliphatic hydroxyl groups excluding tert-OH is 1. The summed E-state index contributed by atoms with van der Waals surface area (Å²) < 4.78 is 0. The molecule has 1 aliphatic heterocycles. The smallest absolute Gasteiger partial charge is 0.326 e. The van der Waals surface area contributed by atoms with E-state index in [2.05, 4.69) is 52.5 Å². The number of nitrogens with two attached hydrogens (primary N) is 4. The van der Waals surface area contributed by atoms with E-state index in [1.54, 1.807) is 67.7 Å². The number of aromatic nitrogens is 1. The molecule has 1 aromatic heterocycles. The third-order valence-corrected chi connectivity index (χ3v) is 15.9. The lowest BCUT2D eigenvalue weighted by Crippen LogP contribution is -2.61. The Morgan fingerprint density at radius 3 is 1.61 bits per heavy atom. The number of likely N-dealkylation sites (tertiary alicyclic amines) is 1. The molecule has 4 rings (SSSR count). The Morgan fingerprint density at radius 1 is 0.609 bits per heavy atom. The van der Waals surface area contributed by atoms with Crippen molar-refractivity contribution in [3.8, 4) is 0 Å². The van der Waals surface area contributed by atoms with E-state index in [4.69, 9.17) is 22.9 Å². The van der Waals surface area contributed by atoms with Crippen LogP contribution in [-0.4, -0.2) is 171 Å². The summed E-state index contributed by atoms with van der Waals surface area (Å²) in [5, 5.41) is 42.4. The monoisotopic (exact) mass is 1290 g/mol. The van der Waals surface area contributed by atoms with Crippen molar-refractivity contribution < 1.29 is 63.0 Å². The van der Waals surface area contributed by atoms with Crippen molar-refractivity contribution in [3.63, 3.8) is 0 Å². The van der Waals surface area contributed by atoms with Gasteiger partial charge in [-0.3, -0.25) is 52.9 Å². The van der Waals surface area contributed by atoms with Gasteiger partial charge in [-0.1, -0.05) is 110 Å². The minimum absolute atomic E-state index is 0.00392. The van der Waals surface area contributed by atoms with Crippen LogP contribution in [0, 0.1) is 23.7 Å². The van der Waals surface area contributed by atoms with Crippen LogP contribution >= 0.6 is 0 Å². The van der Waals surface area contributed by atoms with E-state index in [-0.39, 0.29) is 94.6 Å². The number of benzene rings is 2. The minimum atomic E-state index is -1.62. The molecule has 0 unspecified atom stereocenters. The lowest BCUT2D eigenvalue weighted by Gasteiger charge is -2.30. The van der Waals surface area contributed by atoms with Gasteiger partial charge in [0.15, 0.2) is 5.96 Å². The van der Waals surface area contributed by atoms with E-state index < -0.39 is 144 Å². The third-order valence-electron chi connectivity index (χ3n) is 15.9. The van der Waals surface area contributed by atoms with Crippen LogP contribution in [0.3, 0.4) is 0 Å². The molecule has 0 aliphatic carbocycles. The van der Waals surface area contributed by atoms with Gasteiger partial charge in [-0.05, 0) is 106 Å². The van der Waals surface area contributed by atoms with Crippen molar-refractivity contribution in [3.05, 3.63) is 71.9 Å². The van der Waals surface area contributed by atoms with E-state index in [1.165, 1.54) is 11.8 Å². The second-order valence-electron chi connectivity index (χ2n) is 25.2. The number of aromatic amines is 1. The molecular formula is C64H99N15O13. The van der Waals surface area contributed by atoms with Crippen LogP contribution in [0.25, 0.3) is 10.9 Å². The highest BCUT2D eigenvalue weighted by Gasteiger charge is 2.40. The SMILES string of the molecule is CC[C@H](C)[C@H](NC(=O)[C@@H](NC(=O)[C@H](CC(C)C)NC(=O)[C@H](CC(C)C)NC(=O)[C@H](CC(C)C)NC(=O)[C@H](CCCN=C(N)N)NC(=O)[C@H](CCC(N)=O)NC(=O)[C@H](Cc1c[nH]c2ccccc12)NC(=O)[C@@H]1CCCN1C(=O)[C@@H](N)Cc1ccccc1)[C@@H](C)O)C(=O)O. The Labute approximate surface area is 537 Å². The summed E-state index contributed by atoms with van der Waals surface area (Å²) in [6.45, 7) is 15.6. The summed E-state index contributed by atoms with van der Waals surface area (Å²) >= 11 is 0. The number of guanidine groups is 1. The van der Waals surface area contributed by atoms with Gasteiger partial charge >= 0.3 is 5.97 Å². The van der Waals surface area contributed by atoms with Gasteiger partial charge in [0.2, 0.25) is 59.1 Å². The summed E-state index contributed by atoms with van der Waals surface area (Å²) in [4.78, 5) is 162. The zero-order valence-electron chi connectivity index (χ0n) is 54.4. The lowest BCUT2D eigenvalue weighted by molar-refractivity contribution is -0.144. The van der Waals surface area contributed by atoms with Gasteiger partial charge in [-0.25, -0.2) is 4.79 Å². The van der Waals surface area contributed by atoms with Crippen LogP contribution in [0.2, 0.25) is 0 Å². The number of carbonyl (C=O) groups is 11. The Morgan fingerprint density at radius 2 is 1.10 bits per heavy atom. The first kappa shape index (κ1) is 75.8. The van der Waals surface area contributed by atoms with Gasteiger partial charge in [0.1, 0.15) is 54.4 Å². The summed E-state index contributed by atoms with van der Waals surface area (Å²) in [5.74, 6) is -10.8. The average molecular weight is 1290 g/mol. The van der Waals surface area contributed by atoms with E-state index in [0.717, 1.165) is 16.5 Å². The highest BCUT2D eigenvalue weighted by atomic mass is 16.4. The maximum absolute atomic E-state index is 14.8. The van der Waals surface area contributed by atoms with E-state index in [9.17, 15) is 63.0 Å². The number of aliphatic imine (C=N–C) groups is 1. The molecule has 0 spiro atoms. The number of nitrogens with zero attached hydrogens (tertiary/aromatic N) is 2. The highest BCUT2D eigenvalue weighted by Crippen LogP contribution is 2.23. The number of hydrogen-bond donors (Lipinski definition) is 15. The first-order valence-electron chi connectivity index (χ1n) is 31.7. The number of carboxylic acid groups (broad SMARTS) is 1. The Bertz CT molecular complexity index is 3020. The van der Waals surface area contributed by atoms with Crippen LogP contribution in [0.1, 0.15) is 138 Å². The van der Waals surface area contributed by atoms with Crippen LogP contribution in [0.15, 0.2) is 65.8 Å². The molecule has 1 fully saturated rings. The molecule has 508 valence electrons. The van der Waals surface area contributed by atoms with Gasteiger partial charge in [0.25, 0.3) is 0 Å². The second kappa shape index (κ2) is 37.0. The van der Waals surface area contributed by atoms with Gasteiger partial charge in [0, 0.05) is 43.0 Å². The third kappa shape index (κ3) is 24.2. The molecule has 1 aliphatic rings. The lowest BCUT2D eigenvalue weighted by atomic mass is 9.97. The van der Waals surface area contributed by atoms with Crippen molar-refractivity contribution in [1.29, 1.82) is 0 Å². The quantitative estimate of drug-likeness (QED) is 0.0206. The first-order valence-corrected chi connectivity index (χ1v) is 31.7. The number of amides is 10. The molecule has 3 aromatic rings. The molecule has 0 saturated carbocycles. The predicted octanol–water partition coefficient (Wildman–Crippen LogP) is 0.119. The molecule has 0 bridgehead atoms. The maximum Gasteiger partial charge on any atom is 0.326 e. The fraction of sp³-hybridized carbons (Fsp3) is 0.594. The number of para-hydroxylation sites is 1. The number of fused-ring (bicyclic) bond motifs is 1. The summed E-state index contributed by atoms with van der Waals surface area (Å²) in [6.07, 6.45) is 0.707. The number of aliphatic hydroxyl groups is 1. The minimum Gasteiger partial charge on any atom is -0.480 e. The van der Waals surface area contributed by atoms with E-state index in [0.29, 0.717) is 18.4 Å². The largest absolute Gasteiger partial charge is 0.480 e. The number of carbonyl (C=O) groups excluding carboxylic acids is 10. The number of primary amides is 1. The zero-order chi connectivity index (χ0) is 68.5. The van der Waals surface area contributed by atoms with Crippen molar-refractivity contribution in [2.24, 2.45) is 51.6 Å². The van der Waals surface area contributed by atoms with Gasteiger partial charge in [-0.2, -0.15) is 0 Å². The van der Waals surface area contributed by atoms with E-state index >= 15 is 0 Å². The van der Waals surface area contributed by atoms with Gasteiger partial charge < -0.3 is 85.6 Å². The number of nitrogens with one attached hydrogen (secondary N) is 9. The van der Waals surface area contributed by atoms with Crippen LogP contribution in [0.4, 0.5) is 0 Å². The number of rotatable bonds is 38. The van der Waals surface area contributed by atoms with Crippen molar-refractivity contribution in [2.45, 2.75) is 206 Å². The normalized spacial score (nSPS) is 16.7. The second-order valence-corrected chi connectivity index (χ2v) is 25.2. The average Bonchev–Trinajstić information content (AvgIpc) is 1.69. The van der Waals surface area contributed by atoms with Crippen molar-refractivity contribution in [1.82, 2.24) is 52.4 Å². The van der Waals surface area contributed by atoms with Crippen LogP contribution in [-0.2, 0) is 65.6 Å². The number of aliphatic carboxylic acids is 1. The fourth-order valence-corrected chi connectivity index (χ4v) is 10.9. The number of carboxylic acids is 1. The van der Waals surface area contributed by atoms with Crippen molar-refractivity contribution in [2.75, 3.05) is 13.1 Å². The molecule has 28 nitrogen and oxygen atoms in total. The molecule has 2 aromatic carbocycles. The maximum atomic E-state index is 14.8. The summed E-state index contributed by atoms with van der Waals surface area (Å²) in [6, 6.07) is 3.17. The molecule has 10 amide bonds. The Kier molecular flexibility index (Phi) is 30.5. The number of hydrogen-bond acceptors (Lipinski definition) is 14. The summed E-state index contributed by atoms with van der Waals surface area (Å²) in [7, 11) is 0. The molecule has 92 heavy (non-hydrogen) atoms. The van der Waals surface area contributed by atoms with E-state index in [1.807, 2.05) is 48.5 Å². The van der Waals surface area contributed by atoms with Crippen molar-refractivity contribution >= 4 is 81.9 Å². The molecule has 12 atom stereocenters. The Hall–Kier alpha value is -8.66. The topological polar surface area (TPSA) is 460 Å². The zero-order valence-corrected chi connectivity index (χ0v) is 54.4. The van der Waals surface area contributed by atoms with Gasteiger partial charge in [-0.15, -0.1) is 0 Å². The Balaban J connectivity index is 1.62. The molecule has 1 saturated heterocycles. The first-order chi connectivity index (χ1) is 43.4. The highest BCUT2D eigenvalue weighted by molar-refractivity contribution is 5.99. The van der Waals surface area contributed by atoms with Gasteiger partial charge in [0.05, 0.1) is 12.1 Å². The standard InChI is InChI=1S/C64H99N15O13/c1-10-37(8)52(63(91)92)77-61(89)53(38(9)80)78-59(87)48(30-36(6)7)75-57(85)47(29-35(4)5)74-56(84)46(28-34(2)3)73-54(82)44(22-16-26-69-64(67)68)71-55(83)45(24-25-51(66)81)72-58(86)49(32-40-33-70-43-21-15-14-20-41(40)43)76-60(88)50-23-17-27-79(50)62(90)42(65)31-39-18-12-11-13-19-39/h11-15,18-21,33-38,42,44-50,52-53,70,80H,10,16-17,22-32,65H2,1-9H3,(H2,66,81)(H,71,83)(H,72,86)(H,73,82)(H,74,84)(H,75,85)(H,76,88)(H,77,89)(H,78,87)(H,91,92)(H4,67,68,69)/t37-,38+,42-,44-,45-,46-,47-,48-,49-,50-,52-,53-/m0/s1. The predicted molar refractivity (Wildman–Crippen MR) is 346 cm³/mol.